The lowest BCUT2D eigenvalue weighted by Crippen LogP contribution is -2.51. The highest BCUT2D eigenvalue weighted by molar-refractivity contribution is 7.87. The van der Waals surface area contributed by atoms with Crippen LogP contribution in [0, 0.1) is 0 Å². The summed E-state index contributed by atoms with van der Waals surface area (Å²) in [4.78, 5) is 15.9. The Morgan fingerprint density at radius 2 is 1.80 bits per heavy atom. The van der Waals surface area contributed by atoms with Crippen LogP contribution < -0.4 is 4.72 Å². The van der Waals surface area contributed by atoms with Gasteiger partial charge in [-0.15, -0.1) is 0 Å². The number of rotatable bonds is 8. The molecule has 25 heavy (non-hydrogen) atoms. The number of ether oxygens (including phenoxy) is 1. The van der Waals surface area contributed by atoms with E-state index in [0.717, 1.165) is 12.8 Å². The maximum absolute atomic E-state index is 12.1. The van der Waals surface area contributed by atoms with Gasteiger partial charge < -0.3 is 9.64 Å². The SMILES string of the molecule is CCCCN(C)S(=O)(=O)NCCN1CCN(C(=O)OC(C)(C)C)CC1. The molecule has 1 fully saturated rings. The van der Waals surface area contributed by atoms with E-state index in [1.165, 1.54) is 4.31 Å². The van der Waals surface area contributed by atoms with E-state index in [0.29, 0.717) is 45.8 Å². The first-order chi connectivity index (χ1) is 11.5. The van der Waals surface area contributed by atoms with Gasteiger partial charge in [0.05, 0.1) is 0 Å². The maximum Gasteiger partial charge on any atom is 0.410 e. The van der Waals surface area contributed by atoms with Crippen LogP contribution in [0.5, 0.6) is 0 Å². The Labute approximate surface area is 152 Å². The first-order valence-corrected chi connectivity index (χ1v) is 10.4. The first-order valence-electron chi connectivity index (χ1n) is 8.96. The summed E-state index contributed by atoms with van der Waals surface area (Å²) in [7, 11) is -1.81. The van der Waals surface area contributed by atoms with E-state index in [2.05, 4.69) is 9.62 Å². The number of carbonyl (C=O) groups excluding carboxylic acids is 1. The van der Waals surface area contributed by atoms with Crippen LogP contribution in [0.15, 0.2) is 0 Å². The Morgan fingerprint density at radius 1 is 1.20 bits per heavy atom. The Kier molecular flexibility index (Phi) is 8.59. The van der Waals surface area contributed by atoms with Crippen LogP contribution in [0.2, 0.25) is 0 Å². The predicted octanol–water partition coefficient (Wildman–Crippen LogP) is 1.11. The Morgan fingerprint density at radius 3 is 2.32 bits per heavy atom. The molecule has 0 aromatic carbocycles. The smallest absolute Gasteiger partial charge is 0.410 e. The van der Waals surface area contributed by atoms with Crippen molar-refractivity contribution in [2.45, 2.75) is 46.1 Å². The van der Waals surface area contributed by atoms with Crippen LogP contribution in [0.4, 0.5) is 4.79 Å². The minimum atomic E-state index is -3.41. The van der Waals surface area contributed by atoms with E-state index >= 15 is 0 Å². The molecule has 1 N–H and O–H groups in total. The highest BCUT2D eigenvalue weighted by Crippen LogP contribution is 2.11. The van der Waals surface area contributed by atoms with Gasteiger partial charge in [0, 0.05) is 52.9 Å². The Hall–Kier alpha value is -0.900. The Balaban J connectivity index is 2.30. The monoisotopic (exact) mass is 378 g/mol. The van der Waals surface area contributed by atoms with Gasteiger partial charge in [0.15, 0.2) is 0 Å². The van der Waals surface area contributed by atoms with E-state index in [4.69, 9.17) is 4.74 Å². The molecule has 0 saturated carbocycles. The summed E-state index contributed by atoms with van der Waals surface area (Å²) < 4.78 is 33.5. The molecule has 1 rings (SSSR count). The van der Waals surface area contributed by atoms with Gasteiger partial charge in [-0.2, -0.15) is 12.7 Å². The highest BCUT2D eigenvalue weighted by atomic mass is 32.2. The molecule has 1 aliphatic heterocycles. The van der Waals surface area contributed by atoms with Crippen LogP contribution >= 0.6 is 0 Å². The number of hydrogen-bond acceptors (Lipinski definition) is 5. The molecule has 0 aromatic heterocycles. The molecule has 0 spiro atoms. The van der Waals surface area contributed by atoms with E-state index in [-0.39, 0.29) is 6.09 Å². The maximum atomic E-state index is 12.1. The lowest BCUT2D eigenvalue weighted by molar-refractivity contribution is 0.0147. The average molecular weight is 379 g/mol. The molecular weight excluding hydrogens is 344 g/mol. The van der Waals surface area contributed by atoms with Crippen molar-refractivity contribution in [1.82, 2.24) is 18.8 Å². The molecule has 148 valence electrons. The second kappa shape index (κ2) is 9.70. The normalized spacial score (nSPS) is 17.1. The van der Waals surface area contributed by atoms with E-state index in [1.54, 1.807) is 11.9 Å². The summed E-state index contributed by atoms with van der Waals surface area (Å²) in [6.07, 6.45) is 1.52. The topological polar surface area (TPSA) is 82.2 Å². The Bertz CT molecular complexity index is 511. The van der Waals surface area contributed by atoms with E-state index in [9.17, 15) is 13.2 Å². The minimum Gasteiger partial charge on any atom is -0.444 e. The third-order valence-electron chi connectivity index (χ3n) is 3.97. The number of carbonyl (C=O) groups is 1. The number of amides is 1. The zero-order chi connectivity index (χ0) is 19.1. The molecule has 9 heteroatoms. The zero-order valence-corrected chi connectivity index (χ0v) is 17.1. The summed E-state index contributed by atoms with van der Waals surface area (Å²) in [6, 6.07) is 0. The first kappa shape index (κ1) is 22.1. The molecule has 1 aliphatic rings. The van der Waals surface area contributed by atoms with E-state index < -0.39 is 15.8 Å². The fourth-order valence-corrected chi connectivity index (χ4v) is 3.36. The van der Waals surface area contributed by atoms with Gasteiger partial charge in [0.1, 0.15) is 5.60 Å². The molecule has 0 bridgehead atoms. The summed E-state index contributed by atoms with van der Waals surface area (Å²) in [5, 5.41) is 0. The van der Waals surface area contributed by atoms with Crippen LogP contribution in [-0.4, -0.2) is 87.1 Å². The lowest BCUT2D eigenvalue weighted by Gasteiger charge is -2.35. The van der Waals surface area contributed by atoms with Crippen LogP contribution in [0.1, 0.15) is 40.5 Å². The van der Waals surface area contributed by atoms with Gasteiger partial charge in [-0.1, -0.05) is 13.3 Å². The highest BCUT2D eigenvalue weighted by Gasteiger charge is 2.26. The molecule has 0 aromatic rings. The van der Waals surface area contributed by atoms with Gasteiger partial charge in [-0.05, 0) is 27.2 Å². The van der Waals surface area contributed by atoms with E-state index in [1.807, 2.05) is 27.7 Å². The summed E-state index contributed by atoms with van der Waals surface area (Å²) in [6.45, 7) is 11.7. The molecule has 0 atom stereocenters. The number of hydrogen-bond donors (Lipinski definition) is 1. The molecule has 0 radical (unpaired) electrons. The largest absolute Gasteiger partial charge is 0.444 e. The van der Waals surface area contributed by atoms with Crippen LogP contribution in [0.25, 0.3) is 0 Å². The van der Waals surface area contributed by atoms with Crippen molar-refractivity contribution < 1.29 is 17.9 Å². The summed E-state index contributed by atoms with van der Waals surface area (Å²) in [5.41, 5.74) is -0.490. The third kappa shape index (κ3) is 8.35. The van der Waals surface area contributed by atoms with Crippen molar-refractivity contribution in [2.75, 3.05) is 52.9 Å². The second-order valence-corrected chi connectivity index (χ2v) is 9.25. The predicted molar refractivity (Wildman–Crippen MR) is 98.7 cm³/mol. The molecule has 8 nitrogen and oxygen atoms in total. The number of nitrogens with zero attached hydrogens (tertiary/aromatic N) is 3. The van der Waals surface area contributed by atoms with Crippen molar-refractivity contribution in [3.63, 3.8) is 0 Å². The van der Waals surface area contributed by atoms with Crippen molar-refractivity contribution in [3.8, 4) is 0 Å². The molecule has 0 unspecified atom stereocenters. The third-order valence-corrected chi connectivity index (χ3v) is 5.55. The number of piperazine rings is 1. The zero-order valence-electron chi connectivity index (χ0n) is 16.2. The summed E-state index contributed by atoms with van der Waals surface area (Å²) in [5.74, 6) is 0. The molecule has 0 aliphatic carbocycles. The van der Waals surface area contributed by atoms with Crippen molar-refractivity contribution in [1.29, 1.82) is 0 Å². The quantitative estimate of drug-likeness (QED) is 0.684. The number of unbranched alkanes of at least 4 members (excludes halogenated alkanes) is 1. The van der Waals surface area contributed by atoms with Crippen molar-refractivity contribution in [3.05, 3.63) is 0 Å². The fourth-order valence-electron chi connectivity index (χ4n) is 2.42. The van der Waals surface area contributed by atoms with Gasteiger partial charge in [-0.25, -0.2) is 9.52 Å². The van der Waals surface area contributed by atoms with Gasteiger partial charge in [-0.3, -0.25) is 4.90 Å². The van der Waals surface area contributed by atoms with Crippen LogP contribution in [-0.2, 0) is 14.9 Å². The van der Waals surface area contributed by atoms with Crippen molar-refractivity contribution >= 4 is 16.3 Å². The van der Waals surface area contributed by atoms with Gasteiger partial charge in [0.25, 0.3) is 10.2 Å². The molecular formula is C16H34N4O4S. The van der Waals surface area contributed by atoms with Crippen molar-refractivity contribution in [2.24, 2.45) is 0 Å². The van der Waals surface area contributed by atoms with Gasteiger partial charge in [0.2, 0.25) is 0 Å². The standard InChI is InChI=1S/C16H34N4O4S/c1-6-7-9-18(5)25(22,23)17-8-10-19-11-13-20(14-12-19)15(21)24-16(2,3)4/h17H,6-14H2,1-5H3. The van der Waals surface area contributed by atoms with Crippen LogP contribution in [0.3, 0.4) is 0 Å². The average Bonchev–Trinajstić information content (AvgIpc) is 2.51. The second-order valence-electron chi connectivity index (χ2n) is 7.38. The van der Waals surface area contributed by atoms with Gasteiger partial charge >= 0.3 is 6.09 Å². The molecule has 1 saturated heterocycles. The number of nitrogens with one attached hydrogen (secondary N) is 1. The molecule has 1 amide bonds. The fraction of sp³-hybridized carbons (Fsp3) is 0.938. The summed E-state index contributed by atoms with van der Waals surface area (Å²) >= 11 is 0. The molecule has 1 heterocycles. The lowest BCUT2D eigenvalue weighted by atomic mass is 10.2. The minimum absolute atomic E-state index is 0.287.